The number of ether oxygens (including phenoxy) is 2. The Hall–Kier alpha value is -5.25. The van der Waals surface area contributed by atoms with Crippen LogP contribution in [0.3, 0.4) is 0 Å². The Morgan fingerprint density at radius 3 is 2.37 bits per heavy atom. The summed E-state index contributed by atoms with van der Waals surface area (Å²) in [6.07, 6.45) is -0.473. The second-order valence-electron chi connectivity index (χ2n) is 13.7. The third-order valence-corrected chi connectivity index (χ3v) is 8.97. The number of amides is 2. The van der Waals surface area contributed by atoms with E-state index in [9.17, 15) is 22.8 Å². The van der Waals surface area contributed by atoms with Gasteiger partial charge in [-0.15, -0.1) is 24.9 Å². The number of aryl methyl sites for hydroxylation is 2. The maximum Gasteiger partial charge on any atom is 0.573 e. The smallest absolute Gasteiger partial charge is 0.444 e. The van der Waals surface area contributed by atoms with Crippen molar-refractivity contribution in [2.75, 3.05) is 30.7 Å². The number of amidine groups is 1. The average molecular weight is 769 g/mol. The van der Waals surface area contributed by atoms with Crippen molar-refractivity contribution in [1.82, 2.24) is 15.6 Å². The van der Waals surface area contributed by atoms with E-state index in [2.05, 4.69) is 35.9 Å². The van der Waals surface area contributed by atoms with Crippen LogP contribution in [0.4, 0.5) is 29.3 Å². The first kappa shape index (κ1) is 41.5. The molecule has 12 nitrogen and oxygen atoms in total. The fourth-order valence-electron chi connectivity index (χ4n) is 5.36. The SMILES string of the molecule is Cc1cccc(C)c1NC(N/N=C/c1ccc(C(N)=NC=Nc2ccc(OC(F)(F)F)cc2)cc1)SCC(=O)NC[C@@H]1CCCN(C(=O)OC(C)(C)C)C1. The molecule has 1 aliphatic rings. The highest BCUT2D eigenvalue weighted by Crippen LogP contribution is 2.25. The average Bonchev–Trinajstić information content (AvgIpc) is 3.10. The van der Waals surface area contributed by atoms with Crippen LogP contribution in [0.15, 0.2) is 81.8 Å². The van der Waals surface area contributed by atoms with Gasteiger partial charge in [0.05, 0.1) is 17.7 Å². The number of carbonyl (C=O) groups is 2. The first-order valence-corrected chi connectivity index (χ1v) is 18.4. The van der Waals surface area contributed by atoms with Crippen molar-refractivity contribution in [3.8, 4) is 5.75 Å². The molecule has 16 heteroatoms. The number of alkyl halides is 3. The first-order valence-electron chi connectivity index (χ1n) is 17.3. The number of nitrogens with zero attached hydrogens (tertiary/aromatic N) is 4. The van der Waals surface area contributed by atoms with Gasteiger partial charge in [-0.1, -0.05) is 42.5 Å². The number of benzene rings is 3. The standard InChI is InChI=1S/C38H47F3N8O4S/c1-25-8-6-9-26(2)33(25)47-35(54-23-32(50)43-20-28-10-7-19-49(22-28)36(51)53-37(3,4)5)48-46-21-27-11-13-29(14-12-27)34(42)45-24-44-30-15-17-31(18-16-30)52-38(39,40)41/h6,8-9,11-18,21,24,28,35,47-48H,7,10,19-20,22-23H2,1-5H3,(H,43,50)(H2,42,44,45)/b46-21+/t28-,35?/m0/s1. The zero-order chi connectivity index (χ0) is 39.3. The minimum absolute atomic E-state index is 0.123. The molecular formula is C38H47F3N8O4S. The van der Waals surface area contributed by atoms with Crippen LogP contribution in [0, 0.1) is 19.8 Å². The molecule has 1 unspecified atom stereocenters. The van der Waals surface area contributed by atoms with Crippen LogP contribution >= 0.6 is 11.8 Å². The van der Waals surface area contributed by atoms with Gasteiger partial charge in [-0.05, 0) is 94.3 Å². The number of hydrogen-bond acceptors (Lipinski definition) is 9. The molecule has 1 heterocycles. The highest BCUT2D eigenvalue weighted by molar-refractivity contribution is 8.00. The number of hydrogen-bond donors (Lipinski definition) is 4. The van der Waals surface area contributed by atoms with Gasteiger partial charge in [-0.25, -0.2) is 14.8 Å². The van der Waals surface area contributed by atoms with Crippen molar-refractivity contribution < 1.29 is 32.2 Å². The lowest BCUT2D eigenvalue weighted by molar-refractivity contribution is -0.274. The summed E-state index contributed by atoms with van der Waals surface area (Å²) in [6, 6.07) is 18.2. The fraction of sp³-hybridized carbons (Fsp3) is 0.395. The first-order chi connectivity index (χ1) is 25.5. The number of thioether (sulfide) groups is 1. The lowest BCUT2D eigenvalue weighted by atomic mass is 9.98. The molecule has 2 amide bonds. The summed E-state index contributed by atoms with van der Waals surface area (Å²) in [5, 5.41) is 10.9. The van der Waals surface area contributed by atoms with Gasteiger partial charge in [0.15, 0.2) is 5.50 Å². The van der Waals surface area contributed by atoms with Crippen LogP contribution in [-0.2, 0) is 9.53 Å². The fourth-order valence-corrected chi connectivity index (χ4v) is 6.12. The normalized spacial score (nSPS) is 16.0. The van der Waals surface area contributed by atoms with Gasteiger partial charge in [-0.3, -0.25) is 10.2 Å². The molecule has 3 aromatic carbocycles. The Morgan fingerprint density at radius 1 is 1.04 bits per heavy atom. The van der Waals surface area contributed by atoms with Crippen LogP contribution in [-0.4, -0.2) is 78.1 Å². The third-order valence-electron chi connectivity index (χ3n) is 7.98. The number of nitrogens with one attached hydrogen (secondary N) is 3. The highest BCUT2D eigenvalue weighted by atomic mass is 32.2. The molecule has 4 rings (SSSR count). The summed E-state index contributed by atoms with van der Waals surface area (Å²) in [6.45, 7) is 11.2. The molecule has 1 fully saturated rings. The van der Waals surface area contributed by atoms with Gasteiger partial charge in [0.25, 0.3) is 0 Å². The molecule has 2 atom stereocenters. The van der Waals surface area contributed by atoms with Crippen molar-refractivity contribution in [3.63, 3.8) is 0 Å². The van der Waals surface area contributed by atoms with Crippen LogP contribution in [0.25, 0.3) is 0 Å². The monoisotopic (exact) mass is 768 g/mol. The Kier molecular flexibility index (Phi) is 14.7. The second-order valence-corrected chi connectivity index (χ2v) is 14.7. The number of halogens is 3. The molecule has 0 aliphatic carbocycles. The number of aliphatic imine (C=N–C) groups is 2. The quantitative estimate of drug-likeness (QED) is 0.0587. The van der Waals surface area contributed by atoms with Gasteiger partial charge >= 0.3 is 12.5 Å². The summed E-state index contributed by atoms with van der Waals surface area (Å²) in [7, 11) is 0. The Bertz CT molecular complexity index is 1780. The molecule has 0 radical (unpaired) electrons. The van der Waals surface area contributed by atoms with E-state index in [1.807, 2.05) is 65.0 Å². The van der Waals surface area contributed by atoms with Crippen LogP contribution in [0.5, 0.6) is 5.75 Å². The summed E-state index contributed by atoms with van der Waals surface area (Å²) >= 11 is 1.36. The van der Waals surface area contributed by atoms with E-state index < -0.39 is 17.5 Å². The van der Waals surface area contributed by atoms with E-state index in [1.54, 1.807) is 23.2 Å². The Labute approximate surface area is 317 Å². The molecule has 290 valence electrons. The maximum absolute atomic E-state index is 13.0. The van der Waals surface area contributed by atoms with Crippen LogP contribution in [0.2, 0.25) is 0 Å². The minimum atomic E-state index is -4.77. The van der Waals surface area contributed by atoms with Crippen molar-refractivity contribution in [1.29, 1.82) is 0 Å². The van der Waals surface area contributed by atoms with Crippen molar-refractivity contribution in [2.45, 2.75) is 64.9 Å². The molecule has 54 heavy (non-hydrogen) atoms. The molecule has 0 bridgehead atoms. The molecule has 0 spiro atoms. The summed E-state index contributed by atoms with van der Waals surface area (Å²) in [4.78, 5) is 35.4. The van der Waals surface area contributed by atoms with Crippen molar-refractivity contribution >= 4 is 53.5 Å². The molecule has 5 N–H and O–H groups in total. The lowest BCUT2D eigenvalue weighted by Gasteiger charge is -2.34. The number of para-hydroxylation sites is 1. The topological polar surface area (TPSA) is 155 Å². The number of anilines is 1. The lowest BCUT2D eigenvalue weighted by Crippen LogP contribution is -2.45. The molecular weight excluding hydrogens is 722 g/mol. The molecule has 0 saturated carbocycles. The second kappa shape index (κ2) is 19.2. The summed E-state index contributed by atoms with van der Waals surface area (Å²) < 4.78 is 46.5. The van der Waals surface area contributed by atoms with Gasteiger partial charge in [0, 0.05) is 30.9 Å². The summed E-state index contributed by atoms with van der Waals surface area (Å²) in [5.41, 5.74) is 13.0. The van der Waals surface area contributed by atoms with Gasteiger partial charge < -0.3 is 30.7 Å². The van der Waals surface area contributed by atoms with Gasteiger partial charge in [0.2, 0.25) is 5.91 Å². The van der Waals surface area contributed by atoms with Gasteiger partial charge in [-0.2, -0.15) is 5.10 Å². The molecule has 3 aromatic rings. The van der Waals surface area contributed by atoms with Crippen LogP contribution < -0.4 is 26.5 Å². The number of hydrazone groups is 1. The molecule has 0 aromatic heterocycles. The predicted octanol–water partition coefficient (Wildman–Crippen LogP) is 7.08. The number of rotatable bonds is 14. The van der Waals surface area contributed by atoms with E-state index in [-0.39, 0.29) is 35.3 Å². The molecule has 1 aliphatic heterocycles. The van der Waals surface area contributed by atoms with E-state index in [0.717, 1.165) is 47.4 Å². The van der Waals surface area contributed by atoms with E-state index in [4.69, 9.17) is 10.5 Å². The Balaban J connectivity index is 1.31. The van der Waals surface area contributed by atoms with Crippen molar-refractivity contribution in [2.24, 2.45) is 26.7 Å². The molecule has 1 saturated heterocycles. The number of carbonyl (C=O) groups excluding carboxylic acids is 2. The van der Waals surface area contributed by atoms with Crippen molar-refractivity contribution in [3.05, 3.63) is 89.0 Å². The van der Waals surface area contributed by atoms with E-state index in [0.29, 0.717) is 30.9 Å². The number of piperidine rings is 1. The largest absolute Gasteiger partial charge is 0.573 e. The zero-order valence-corrected chi connectivity index (χ0v) is 31.8. The van der Waals surface area contributed by atoms with E-state index >= 15 is 0 Å². The van der Waals surface area contributed by atoms with Crippen LogP contribution in [0.1, 0.15) is 55.9 Å². The maximum atomic E-state index is 13.0. The number of likely N-dealkylation sites (tertiary alicyclic amines) is 1. The zero-order valence-electron chi connectivity index (χ0n) is 30.9. The third kappa shape index (κ3) is 14.3. The number of nitrogens with two attached hydrogens (primary N) is 1. The minimum Gasteiger partial charge on any atom is -0.444 e. The predicted molar refractivity (Wildman–Crippen MR) is 208 cm³/mol. The van der Waals surface area contributed by atoms with Gasteiger partial charge in [0.1, 0.15) is 23.5 Å². The summed E-state index contributed by atoms with van der Waals surface area (Å²) in [5.74, 6) is 0.0288. The Morgan fingerprint density at radius 2 is 1.72 bits per heavy atom. The highest BCUT2D eigenvalue weighted by Gasteiger charge is 2.31. The van der Waals surface area contributed by atoms with E-state index in [1.165, 1.54) is 30.2 Å².